The van der Waals surface area contributed by atoms with Gasteiger partial charge in [-0.2, -0.15) is 0 Å². The Morgan fingerprint density at radius 2 is 1.88 bits per heavy atom. The molecule has 0 radical (unpaired) electrons. The lowest BCUT2D eigenvalue weighted by Crippen LogP contribution is -2.24. The van der Waals surface area contributed by atoms with Crippen LogP contribution >= 0.6 is 0 Å². The predicted octanol–water partition coefficient (Wildman–Crippen LogP) is 2.67. The lowest BCUT2D eigenvalue weighted by atomic mass is 10.2. The van der Waals surface area contributed by atoms with Gasteiger partial charge in [-0.05, 0) is 36.8 Å². The third-order valence-electron chi connectivity index (χ3n) is 3.69. The van der Waals surface area contributed by atoms with E-state index in [4.69, 9.17) is 9.15 Å². The van der Waals surface area contributed by atoms with Gasteiger partial charge in [0, 0.05) is 5.56 Å². The van der Waals surface area contributed by atoms with Crippen molar-refractivity contribution in [1.82, 2.24) is 14.9 Å². The van der Waals surface area contributed by atoms with E-state index in [1.807, 2.05) is 25.1 Å². The fraction of sp³-hybridized carbons (Fsp3) is 0.222. The van der Waals surface area contributed by atoms with Crippen molar-refractivity contribution in [2.24, 2.45) is 0 Å². The summed E-state index contributed by atoms with van der Waals surface area (Å²) in [5, 5.41) is 7.83. The Balaban J connectivity index is 1.63. The first-order valence-corrected chi connectivity index (χ1v) is 9.60. The number of aromatic nitrogens is 2. The number of hydrogen-bond acceptors (Lipinski definition) is 6. The van der Waals surface area contributed by atoms with Crippen molar-refractivity contribution in [3.8, 4) is 17.2 Å². The molecule has 0 unspecified atom stereocenters. The molecule has 0 spiro atoms. The summed E-state index contributed by atoms with van der Waals surface area (Å²) < 4.78 is 37.5. The normalized spacial score (nSPS) is 11.5. The number of nitrogens with zero attached hydrogens (tertiary/aromatic N) is 2. The monoisotopic (exact) mass is 373 g/mol. The summed E-state index contributed by atoms with van der Waals surface area (Å²) in [6.07, 6.45) is 0. The van der Waals surface area contributed by atoms with Crippen LogP contribution in [0.2, 0.25) is 0 Å². The van der Waals surface area contributed by atoms with Crippen molar-refractivity contribution >= 4 is 10.0 Å². The minimum Gasteiger partial charge on any atom is -0.497 e. The molecule has 2 aromatic carbocycles. The number of aryl methyl sites for hydroxylation is 1. The zero-order valence-corrected chi connectivity index (χ0v) is 15.3. The lowest BCUT2D eigenvalue weighted by molar-refractivity contribution is 0.415. The van der Waals surface area contributed by atoms with Gasteiger partial charge in [0.15, 0.2) is 0 Å². The van der Waals surface area contributed by atoms with Gasteiger partial charge >= 0.3 is 0 Å². The van der Waals surface area contributed by atoms with Gasteiger partial charge in [-0.15, -0.1) is 10.2 Å². The van der Waals surface area contributed by atoms with Crippen LogP contribution in [0.1, 0.15) is 17.0 Å². The summed E-state index contributed by atoms with van der Waals surface area (Å²) in [5.74, 6) is 1.13. The Kier molecular flexibility index (Phi) is 5.34. The summed E-state index contributed by atoms with van der Waals surface area (Å²) in [6.45, 7) is 1.86. The Hall–Kier alpha value is -2.71. The van der Waals surface area contributed by atoms with Crippen LogP contribution in [0, 0.1) is 6.92 Å². The number of sulfonamides is 1. The van der Waals surface area contributed by atoms with Crippen molar-refractivity contribution in [3.63, 3.8) is 0 Å². The molecule has 1 aromatic heterocycles. The molecule has 0 amide bonds. The number of methoxy groups -OCH3 is 1. The molecule has 1 N–H and O–H groups in total. The molecule has 0 saturated carbocycles. The van der Waals surface area contributed by atoms with E-state index >= 15 is 0 Å². The van der Waals surface area contributed by atoms with E-state index in [1.54, 1.807) is 37.4 Å². The maximum absolute atomic E-state index is 12.2. The highest BCUT2D eigenvalue weighted by atomic mass is 32.2. The minimum atomic E-state index is -3.51. The predicted molar refractivity (Wildman–Crippen MR) is 96.9 cm³/mol. The molecule has 0 aliphatic rings. The van der Waals surface area contributed by atoms with E-state index in [0.29, 0.717) is 5.89 Å². The van der Waals surface area contributed by atoms with Gasteiger partial charge in [-0.25, -0.2) is 13.1 Å². The van der Waals surface area contributed by atoms with Crippen LogP contribution in [0.25, 0.3) is 11.5 Å². The van der Waals surface area contributed by atoms with Crippen LogP contribution in [0.5, 0.6) is 5.75 Å². The molecule has 0 fully saturated rings. The van der Waals surface area contributed by atoms with E-state index in [9.17, 15) is 8.42 Å². The number of nitrogens with one attached hydrogen (secondary N) is 1. The number of benzene rings is 2. The van der Waals surface area contributed by atoms with E-state index in [-0.39, 0.29) is 18.2 Å². The second-order valence-corrected chi connectivity index (χ2v) is 7.61. The van der Waals surface area contributed by atoms with Gasteiger partial charge in [0.25, 0.3) is 0 Å². The molecule has 8 heteroatoms. The molecule has 26 heavy (non-hydrogen) atoms. The summed E-state index contributed by atoms with van der Waals surface area (Å²) >= 11 is 0. The van der Waals surface area contributed by atoms with Gasteiger partial charge in [-0.1, -0.05) is 29.8 Å². The van der Waals surface area contributed by atoms with Crippen LogP contribution in [-0.2, 0) is 22.3 Å². The molecule has 136 valence electrons. The second-order valence-electron chi connectivity index (χ2n) is 5.80. The van der Waals surface area contributed by atoms with Gasteiger partial charge in [0.05, 0.1) is 19.4 Å². The maximum atomic E-state index is 12.2. The molecule has 0 aliphatic heterocycles. The Bertz CT molecular complexity index is 982. The highest BCUT2D eigenvalue weighted by Crippen LogP contribution is 2.21. The number of hydrogen-bond donors (Lipinski definition) is 1. The van der Waals surface area contributed by atoms with E-state index < -0.39 is 10.0 Å². The van der Waals surface area contributed by atoms with Crippen molar-refractivity contribution in [2.75, 3.05) is 7.11 Å². The Morgan fingerprint density at radius 1 is 1.12 bits per heavy atom. The summed E-state index contributed by atoms with van der Waals surface area (Å²) in [6, 6.07) is 14.5. The Labute approximate surface area is 152 Å². The van der Waals surface area contributed by atoms with Crippen LogP contribution < -0.4 is 9.46 Å². The summed E-state index contributed by atoms with van der Waals surface area (Å²) in [5.41, 5.74) is 2.47. The van der Waals surface area contributed by atoms with Gasteiger partial charge in [0.1, 0.15) is 5.75 Å². The average molecular weight is 373 g/mol. The van der Waals surface area contributed by atoms with Crippen LogP contribution in [0.4, 0.5) is 0 Å². The van der Waals surface area contributed by atoms with Crippen molar-refractivity contribution < 1.29 is 17.6 Å². The molecule has 0 bridgehead atoms. The van der Waals surface area contributed by atoms with Crippen LogP contribution in [-0.4, -0.2) is 25.7 Å². The van der Waals surface area contributed by atoms with E-state index in [1.165, 1.54) is 0 Å². The SMILES string of the molecule is COc1ccc(-c2nnc(CNS(=O)(=O)Cc3cccc(C)c3)o2)cc1. The van der Waals surface area contributed by atoms with Crippen LogP contribution in [0.15, 0.2) is 52.9 Å². The van der Waals surface area contributed by atoms with Crippen LogP contribution in [0.3, 0.4) is 0 Å². The highest BCUT2D eigenvalue weighted by molar-refractivity contribution is 7.88. The van der Waals surface area contributed by atoms with Gasteiger partial charge in [-0.3, -0.25) is 0 Å². The molecular weight excluding hydrogens is 354 g/mol. The molecular formula is C18H19N3O4S. The van der Waals surface area contributed by atoms with Crippen molar-refractivity contribution in [1.29, 1.82) is 0 Å². The first-order chi connectivity index (χ1) is 12.4. The molecule has 0 saturated heterocycles. The van der Waals surface area contributed by atoms with Gasteiger partial charge < -0.3 is 9.15 Å². The number of ether oxygens (including phenoxy) is 1. The first-order valence-electron chi connectivity index (χ1n) is 7.95. The molecule has 1 heterocycles. The maximum Gasteiger partial charge on any atom is 0.247 e. The smallest absolute Gasteiger partial charge is 0.247 e. The third kappa shape index (κ3) is 4.68. The topological polar surface area (TPSA) is 94.3 Å². The quantitative estimate of drug-likeness (QED) is 0.684. The number of rotatable bonds is 7. The molecule has 3 aromatic rings. The lowest BCUT2D eigenvalue weighted by Gasteiger charge is -2.05. The highest BCUT2D eigenvalue weighted by Gasteiger charge is 2.15. The summed E-state index contributed by atoms with van der Waals surface area (Å²) in [7, 11) is -1.92. The van der Waals surface area contributed by atoms with E-state index in [0.717, 1.165) is 22.4 Å². The van der Waals surface area contributed by atoms with Gasteiger partial charge in [0.2, 0.25) is 21.8 Å². The third-order valence-corrected chi connectivity index (χ3v) is 4.98. The molecule has 0 aliphatic carbocycles. The average Bonchev–Trinajstić information content (AvgIpc) is 3.09. The zero-order chi connectivity index (χ0) is 18.6. The second kappa shape index (κ2) is 7.67. The fourth-order valence-electron chi connectivity index (χ4n) is 2.42. The van der Waals surface area contributed by atoms with E-state index in [2.05, 4.69) is 14.9 Å². The fourth-order valence-corrected chi connectivity index (χ4v) is 3.48. The minimum absolute atomic E-state index is 0.0582. The molecule has 0 atom stereocenters. The van der Waals surface area contributed by atoms with Crippen molar-refractivity contribution in [3.05, 3.63) is 65.5 Å². The Morgan fingerprint density at radius 3 is 2.58 bits per heavy atom. The largest absolute Gasteiger partial charge is 0.497 e. The summed E-state index contributed by atoms with van der Waals surface area (Å²) in [4.78, 5) is 0. The van der Waals surface area contributed by atoms with Crippen molar-refractivity contribution in [2.45, 2.75) is 19.2 Å². The molecule has 7 nitrogen and oxygen atoms in total. The zero-order valence-electron chi connectivity index (χ0n) is 14.5. The molecule has 3 rings (SSSR count). The standard InChI is InChI=1S/C18H19N3O4S/c1-13-4-3-5-14(10-13)12-26(22,23)19-11-17-20-21-18(25-17)15-6-8-16(24-2)9-7-15/h3-10,19H,11-12H2,1-2H3. The first kappa shape index (κ1) is 18.1.